The summed E-state index contributed by atoms with van der Waals surface area (Å²) in [6, 6.07) is 3.27. The molecule has 2 atom stereocenters. The Morgan fingerprint density at radius 3 is 2.88 bits per heavy atom. The highest BCUT2D eigenvalue weighted by molar-refractivity contribution is 5.95. The van der Waals surface area contributed by atoms with Crippen molar-refractivity contribution in [3.05, 3.63) is 23.9 Å². The van der Waals surface area contributed by atoms with Crippen LogP contribution in [0.25, 0.3) is 0 Å². The van der Waals surface area contributed by atoms with Crippen LogP contribution in [-0.2, 0) is 9.59 Å². The minimum absolute atomic E-state index is 0.0103. The van der Waals surface area contributed by atoms with Crippen molar-refractivity contribution in [3.63, 3.8) is 0 Å². The maximum absolute atomic E-state index is 11.7. The Labute approximate surface area is 98.7 Å². The summed E-state index contributed by atoms with van der Waals surface area (Å²) in [4.78, 5) is 26.9. The molecule has 1 fully saturated rings. The normalized spacial score (nSPS) is 22.5. The molecule has 1 aromatic rings. The second-order valence-electron chi connectivity index (χ2n) is 4.24. The quantitative estimate of drug-likeness (QED) is 0.783. The fourth-order valence-electron chi connectivity index (χ4n) is 2.09. The lowest BCUT2D eigenvalue weighted by atomic mass is 9.81. The summed E-state index contributed by atoms with van der Waals surface area (Å²) in [6.07, 6.45) is 1.06. The van der Waals surface area contributed by atoms with Crippen molar-refractivity contribution in [2.45, 2.75) is 25.4 Å². The summed E-state index contributed by atoms with van der Waals surface area (Å²) >= 11 is 0. The van der Waals surface area contributed by atoms with Gasteiger partial charge in [0.05, 0.1) is 12.0 Å². The first-order valence-electron chi connectivity index (χ1n) is 5.52. The first-order valence-corrected chi connectivity index (χ1v) is 5.52. The van der Waals surface area contributed by atoms with Gasteiger partial charge >= 0.3 is 0 Å². The highest BCUT2D eigenvalue weighted by Gasteiger charge is 2.34. The van der Waals surface area contributed by atoms with Crippen LogP contribution in [0.3, 0.4) is 0 Å². The van der Waals surface area contributed by atoms with Crippen LogP contribution in [0.4, 0.5) is 5.82 Å². The molecule has 1 aromatic heterocycles. The highest BCUT2D eigenvalue weighted by atomic mass is 16.3. The fourth-order valence-corrected chi connectivity index (χ4v) is 2.09. The van der Waals surface area contributed by atoms with Crippen molar-refractivity contribution in [1.82, 2.24) is 4.98 Å². The van der Waals surface area contributed by atoms with E-state index >= 15 is 0 Å². The molecule has 1 heterocycles. The molecule has 2 unspecified atom stereocenters. The lowest BCUT2D eigenvalue weighted by molar-refractivity contribution is -0.136. The number of nitrogens with zero attached hydrogens (tertiary/aromatic N) is 1. The number of carbonyl (C=O) groups excluding carboxylic acids is 2. The van der Waals surface area contributed by atoms with Crippen LogP contribution in [0.15, 0.2) is 18.3 Å². The summed E-state index contributed by atoms with van der Waals surface area (Å²) in [5.41, 5.74) is 6.06. The van der Waals surface area contributed by atoms with E-state index in [2.05, 4.69) is 4.98 Å². The van der Waals surface area contributed by atoms with Crippen LogP contribution in [0, 0.1) is 5.92 Å². The van der Waals surface area contributed by atoms with Gasteiger partial charge in [0.25, 0.3) is 0 Å². The molecule has 17 heavy (non-hydrogen) atoms. The Bertz CT molecular complexity index is 459. The maximum atomic E-state index is 11.7. The molecule has 1 aliphatic carbocycles. The number of aliphatic hydroxyl groups is 1. The second kappa shape index (κ2) is 4.63. The van der Waals surface area contributed by atoms with Gasteiger partial charge in [-0.2, -0.15) is 0 Å². The molecule has 5 nitrogen and oxygen atoms in total. The smallest absolute Gasteiger partial charge is 0.139 e. The summed E-state index contributed by atoms with van der Waals surface area (Å²) in [5, 5.41) is 10.1. The van der Waals surface area contributed by atoms with Gasteiger partial charge in [0, 0.05) is 31.0 Å². The standard InChI is InChI=1S/C12H14N2O3/c13-12-8(2-1-5-14-12)11(17)9-6-7(15)3-4-10(9)16/h1-2,5,9,11,17H,3-4,6H2,(H2,13,14). The van der Waals surface area contributed by atoms with Gasteiger partial charge in [-0.25, -0.2) is 4.98 Å². The zero-order chi connectivity index (χ0) is 12.4. The van der Waals surface area contributed by atoms with Gasteiger partial charge in [0.15, 0.2) is 0 Å². The molecule has 0 amide bonds. The van der Waals surface area contributed by atoms with Gasteiger partial charge in [0.1, 0.15) is 17.4 Å². The van der Waals surface area contributed by atoms with Crippen LogP contribution in [0.5, 0.6) is 0 Å². The topological polar surface area (TPSA) is 93.3 Å². The summed E-state index contributed by atoms with van der Waals surface area (Å²) in [5.74, 6) is -0.551. The molecule has 0 radical (unpaired) electrons. The van der Waals surface area contributed by atoms with Crippen molar-refractivity contribution in [2.75, 3.05) is 5.73 Å². The van der Waals surface area contributed by atoms with Gasteiger partial charge < -0.3 is 10.8 Å². The molecule has 2 rings (SSSR count). The predicted octanol–water partition coefficient (Wildman–Crippen LogP) is 0.635. The van der Waals surface area contributed by atoms with E-state index < -0.39 is 12.0 Å². The van der Waals surface area contributed by atoms with Crippen LogP contribution in [0.1, 0.15) is 30.9 Å². The van der Waals surface area contributed by atoms with E-state index in [4.69, 9.17) is 5.73 Å². The first kappa shape index (κ1) is 11.7. The number of ketones is 2. The number of carbonyl (C=O) groups is 2. The molecular formula is C12H14N2O3. The van der Waals surface area contributed by atoms with E-state index in [-0.39, 0.29) is 36.6 Å². The molecule has 1 aliphatic rings. The third kappa shape index (κ3) is 2.34. The Kier molecular flexibility index (Phi) is 3.19. The molecule has 0 spiro atoms. The molecule has 0 aliphatic heterocycles. The maximum Gasteiger partial charge on any atom is 0.139 e. The highest BCUT2D eigenvalue weighted by Crippen LogP contribution is 2.32. The van der Waals surface area contributed by atoms with Crippen molar-refractivity contribution < 1.29 is 14.7 Å². The number of aromatic nitrogens is 1. The summed E-state index contributed by atoms with van der Waals surface area (Å²) in [6.45, 7) is 0. The molecule has 0 bridgehead atoms. The average Bonchev–Trinajstić information content (AvgIpc) is 2.32. The minimum Gasteiger partial charge on any atom is -0.388 e. The molecular weight excluding hydrogens is 220 g/mol. The molecule has 0 saturated heterocycles. The van der Waals surface area contributed by atoms with E-state index in [0.29, 0.717) is 5.56 Å². The molecule has 0 aromatic carbocycles. The molecule has 1 saturated carbocycles. The number of nitrogen functional groups attached to an aromatic ring is 1. The predicted molar refractivity (Wildman–Crippen MR) is 61.0 cm³/mol. The number of aliphatic hydroxyl groups excluding tert-OH is 1. The van der Waals surface area contributed by atoms with E-state index in [0.717, 1.165) is 0 Å². The van der Waals surface area contributed by atoms with E-state index in [1.807, 2.05) is 0 Å². The molecule has 5 heteroatoms. The third-order valence-electron chi connectivity index (χ3n) is 3.08. The number of anilines is 1. The third-order valence-corrected chi connectivity index (χ3v) is 3.08. The Balaban J connectivity index is 2.24. The number of hydrogen-bond donors (Lipinski definition) is 2. The Morgan fingerprint density at radius 2 is 2.18 bits per heavy atom. The number of pyridine rings is 1. The van der Waals surface area contributed by atoms with Gasteiger partial charge in [-0.1, -0.05) is 6.07 Å². The Hall–Kier alpha value is -1.75. The van der Waals surface area contributed by atoms with Gasteiger partial charge in [-0.15, -0.1) is 0 Å². The van der Waals surface area contributed by atoms with Gasteiger partial charge in [0.2, 0.25) is 0 Å². The lowest BCUT2D eigenvalue weighted by Crippen LogP contribution is -2.30. The number of nitrogens with two attached hydrogens (primary N) is 1. The SMILES string of the molecule is Nc1ncccc1C(O)C1CC(=O)CCC1=O. The van der Waals surface area contributed by atoms with Gasteiger partial charge in [-0.3, -0.25) is 9.59 Å². The second-order valence-corrected chi connectivity index (χ2v) is 4.24. The van der Waals surface area contributed by atoms with Crippen LogP contribution in [-0.4, -0.2) is 21.7 Å². The van der Waals surface area contributed by atoms with Crippen molar-refractivity contribution >= 4 is 17.4 Å². The van der Waals surface area contributed by atoms with Crippen LogP contribution >= 0.6 is 0 Å². The largest absolute Gasteiger partial charge is 0.388 e. The summed E-state index contributed by atoms with van der Waals surface area (Å²) < 4.78 is 0. The van der Waals surface area contributed by atoms with Crippen LogP contribution < -0.4 is 5.73 Å². The van der Waals surface area contributed by atoms with Crippen molar-refractivity contribution in [2.24, 2.45) is 5.92 Å². The first-order chi connectivity index (χ1) is 8.09. The number of Topliss-reactive ketones (excluding diaryl/α,β-unsaturated/α-hetero) is 2. The van der Waals surface area contributed by atoms with E-state index in [1.54, 1.807) is 12.1 Å². The lowest BCUT2D eigenvalue weighted by Gasteiger charge is -2.25. The van der Waals surface area contributed by atoms with E-state index in [9.17, 15) is 14.7 Å². The number of hydrogen-bond acceptors (Lipinski definition) is 5. The van der Waals surface area contributed by atoms with Crippen LogP contribution in [0.2, 0.25) is 0 Å². The fraction of sp³-hybridized carbons (Fsp3) is 0.417. The average molecular weight is 234 g/mol. The molecule has 90 valence electrons. The van der Waals surface area contributed by atoms with Crippen molar-refractivity contribution in [1.29, 1.82) is 0 Å². The molecule has 3 N–H and O–H groups in total. The minimum atomic E-state index is -1.04. The summed E-state index contributed by atoms with van der Waals surface area (Å²) in [7, 11) is 0. The zero-order valence-electron chi connectivity index (χ0n) is 9.30. The van der Waals surface area contributed by atoms with Gasteiger partial charge in [-0.05, 0) is 6.07 Å². The number of rotatable bonds is 2. The Morgan fingerprint density at radius 1 is 1.41 bits per heavy atom. The van der Waals surface area contributed by atoms with E-state index in [1.165, 1.54) is 6.20 Å². The van der Waals surface area contributed by atoms with Crippen molar-refractivity contribution in [3.8, 4) is 0 Å². The zero-order valence-corrected chi connectivity index (χ0v) is 9.30. The monoisotopic (exact) mass is 234 g/mol.